The van der Waals surface area contributed by atoms with Crippen LogP contribution in [0.5, 0.6) is 0 Å². The summed E-state index contributed by atoms with van der Waals surface area (Å²) < 4.78 is 5.08. The van der Waals surface area contributed by atoms with Gasteiger partial charge in [-0.25, -0.2) is 0 Å². The molecule has 0 saturated heterocycles. The van der Waals surface area contributed by atoms with Gasteiger partial charge < -0.3 is 9.84 Å². The smallest absolute Gasteiger partial charge is 0.307 e. The van der Waals surface area contributed by atoms with Crippen LogP contribution in [0.25, 0.3) is 0 Å². The molecule has 24 heavy (non-hydrogen) atoms. The second-order valence-corrected chi connectivity index (χ2v) is 6.75. The van der Waals surface area contributed by atoms with E-state index in [1.54, 1.807) is 0 Å². The highest BCUT2D eigenvalue weighted by Crippen LogP contribution is 2.17. The molecule has 134 valence electrons. The van der Waals surface area contributed by atoms with E-state index in [2.05, 4.69) is 12.1 Å². The third-order valence-corrected chi connectivity index (χ3v) is 3.95. The zero-order valence-corrected chi connectivity index (χ0v) is 14.9. The maximum atomic E-state index is 11.7. The van der Waals surface area contributed by atoms with Gasteiger partial charge in [-0.3, -0.25) is 9.59 Å². The first-order valence-electron chi connectivity index (χ1n) is 8.91. The van der Waals surface area contributed by atoms with Crippen molar-refractivity contribution in [2.24, 2.45) is 11.8 Å². The molecule has 0 fully saturated rings. The van der Waals surface area contributed by atoms with E-state index in [-0.39, 0.29) is 12.3 Å². The Morgan fingerprint density at radius 1 is 1.04 bits per heavy atom. The maximum absolute atomic E-state index is 11.7. The van der Waals surface area contributed by atoms with Gasteiger partial charge in [0.15, 0.2) is 0 Å². The number of aliphatic carboxylic acids is 1. The van der Waals surface area contributed by atoms with E-state index in [1.807, 2.05) is 32.0 Å². The summed E-state index contributed by atoms with van der Waals surface area (Å²) in [4.78, 5) is 22.9. The van der Waals surface area contributed by atoms with Gasteiger partial charge in [-0.05, 0) is 30.7 Å². The van der Waals surface area contributed by atoms with Gasteiger partial charge in [-0.2, -0.15) is 0 Å². The van der Waals surface area contributed by atoms with E-state index in [4.69, 9.17) is 4.74 Å². The Bertz CT molecular complexity index is 482. The van der Waals surface area contributed by atoms with Gasteiger partial charge in [0.2, 0.25) is 0 Å². The van der Waals surface area contributed by atoms with Gasteiger partial charge in [0.05, 0.1) is 18.9 Å². The van der Waals surface area contributed by atoms with Gasteiger partial charge in [0.25, 0.3) is 0 Å². The van der Waals surface area contributed by atoms with E-state index < -0.39 is 17.9 Å². The van der Waals surface area contributed by atoms with Crippen molar-refractivity contribution in [2.75, 3.05) is 6.61 Å². The van der Waals surface area contributed by atoms with Crippen LogP contribution >= 0.6 is 0 Å². The fraction of sp³-hybridized carbons (Fsp3) is 0.600. The molecule has 1 aromatic carbocycles. The molecule has 1 rings (SSSR count). The van der Waals surface area contributed by atoms with Crippen LogP contribution in [-0.2, 0) is 20.7 Å². The second-order valence-electron chi connectivity index (χ2n) is 6.75. The molecule has 1 aromatic rings. The van der Waals surface area contributed by atoms with Crippen molar-refractivity contribution in [3.05, 3.63) is 35.9 Å². The number of aryl methyl sites for hydroxylation is 1. The van der Waals surface area contributed by atoms with Crippen molar-refractivity contribution in [3.8, 4) is 0 Å². The number of carbonyl (C=O) groups is 2. The Morgan fingerprint density at radius 3 is 2.33 bits per heavy atom. The lowest BCUT2D eigenvalue weighted by atomic mass is 9.97. The summed E-state index contributed by atoms with van der Waals surface area (Å²) >= 11 is 0. The van der Waals surface area contributed by atoms with E-state index in [0.717, 1.165) is 32.1 Å². The number of hydrogen-bond donors (Lipinski definition) is 1. The van der Waals surface area contributed by atoms with Crippen molar-refractivity contribution in [1.29, 1.82) is 0 Å². The molecule has 0 aromatic heterocycles. The summed E-state index contributed by atoms with van der Waals surface area (Å²) in [6.45, 7) is 4.26. The Hall–Kier alpha value is -1.84. The molecular weight excluding hydrogens is 304 g/mol. The van der Waals surface area contributed by atoms with E-state index in [1.165, 1.54) is 5.56 Å². The highest BCUT2D eigenvalue weighted by molar-refractivity contribution is 5.78. The first-order valence-corrected chi connectivity index (χ1v) is 8.91. The number of rotatable bonds is 12. The topological polar surface area (TPSA) is 63.6 Å². The normalized spacial score (nSPS) is 12.1. The molecule has 0 heterocycles. The molecule has 0 aliphatic heterocycles. The van der Waals surface area contributed by atoms with Crippen LogP contribution in [0.2, 0.25) is 0 Å². The summed E-state index contributed by atoms with van der Waals surface area (Å²) in [5, 5.41) is 9.24. The molecule has 4 nitrogen and oxygen atoms in total. The van der Waals surface area contributed by atoms with Gasteiger partial charge in [0, 0.05) is 0 Å². The molecular formula is C20H30O4. The third-order valence-electron chi connectivity index (χ3n) is 3.95. The molecule has 0 unspecified atom stereocenters. The number of ether oxygens (including phenoxy) is 1. The Kier molecular flexibility index (Phi) is 9.81. The van der Waals surface area contributed by atoms with Gasteiger partial charge >= 0.3 is 11.9 Å². The molecule has 0 radical (unpaired) electrons. The lowest BCUT2D eigenvalue weighted by Crippen LogP contribution is -2.20. The molecule has 1 N–H and O–H groups in total. The van der Waals surface area contributed by atoms with Crippen molar-refractivity contribution >= 4 is 11.9 Å². The quantitative estimate of drug-likeness (QED) is 0.452. The monoisotopic (exact) mass is 334 g/mol. The summed E-state index contributed by atoms with van der Waals surface area (Å²) in [7, 11) is 0. The van der Waals surface area contributed by atoms with Crippen molar-refractivity contribution in [1.82, 2.24) is 0 Å². The highest BCUT2D eigenvalue weighted by Gasteiger charge is 2.21. The second kappa shape index (κ2) is 11.7. The molecule has 0 saturated carbocycles. The van der Waals surface area contributed by atoms with Crippen LogP contribution in [0.15, 0.2) is 30.3 Å². The van der Waals surface area contributed by atoms with Crippen molar-refractivity contribution in [3.63, 3.8) is 0 Å². The predicted octanol–water partition coefficient (Wildman–Crippen LogP) is 4.47. The zero-order chi connectivity index (χ0) is 17.8. The molecule has 0 spiro atoms. The Labute approximate surface area is 145 Å². The van der Waals surface area contributed by atoms with Crippen LogP contribution in [0.3, 0.4) is 0 Å². The number of esters is 1. The van der Waals surface area contributed by atoms with Crippen molar-refractivity contribution < 1.29 is 19.4 Å². The van der Waals surface area contributed by atoms with Crippen molar-refractivity contribution in [2.45, 2.75) is 58.8 Å². The molecule has 0 aliphatic carbocycles. The average molecular weight is 334 g/mol. The summed E-state index contributed by atoms with van der Waals surface area (Å²) in [6.07, 6.45) is 5.60. The van der Waals surface area contributed by atoms with E-state index >= 15 is 0 Å². The SMILES string of the molecule is CC(C)COC(=O)C[C@H](CCCCCCc1ccccc1)C(=O)O. The number of carbonyl (C=O) groups excluding carboxylic acids is 1. The first-order chi connectivity index (χ1) is 11.5. The Balaban J connectivity index is 2.17. The summed E-state index contributed by atoms with van der Waals surface area (Å²) in [6, 6.07) is 10.4. The average Bonchev–Trinajstić information content (AvgIpc) is 2.55. The van der Waals surface area contributed by atoms with E-state index in [0.29, 0.717) is 13.0 Å². The number of benzene rings is 1. The fourth-order valence-electron chi connectivity index (χ4n) is 2.55. The minimum Gasteiger partial charge on any atom is -0.481 e. The predicted molar refractivity (Wildman–Crippen MR) is 94.8 cm³/mol. The number of unbranched alkanes of at least 4 members (excludes halogenated alkanes) is 3. The van der Waals surface area contributed by atoms with Gasteiger partial charge in [-0.15, -0.1) is 0 Å². The molecule has 0 aliphatic rings. The van der Waals surface area contributed by atoms with Crippen LogP contribution in [-0.4, -0.2) is 23.7 Å². The lowest BCUT2D eigenvalue weighted by Gasteiger charge is -2.13. The van der Waals surface area contributed by atoms with Crippen LogP contribution in [0, 0.1) is 11.8 Å². The molecule has 0 bridgehead atoms. The standard InChI is InChI=1S/C20H30O4/c1-16(2)15-24-19(21)14-18(20(22)23)13-9-4-3-6-10-17-11-7-5-8-12-17/h5,7-8,11-12,16,18H,3-4,6,9-10,13-15H2,1-2H3,(H,22,23)/t18-/m0/s1. The number of hydrogen-bond acceptors (Lipinski definition) is 3. The molecule has 0 amide bonds. The summed E-state index contributed by atoms with van der Waals surface area (Å²) in [5.41, 5.74) is 1.34. The first kappa shape index (κ1) is 20.2. The zero-order valence-electron chi connectivity index (χ0n) is 14.9. The van der Waals surface area contributed by atoms with Crippen LogP contribution in [0.1, 0.15) is 57.9 Å². The summed E-state index contributed by atoms with van der Waals surface area (Å²) in [5.74, 6) is -1.67. The lowest BCUT2D eigenvalue weighted by molar-refractivity contribution is -0.152. The maximum Gasteiger partial charge on any atom is 0.307 e. The number of carboxylic acids is 1. The third kappa shape index (κ3) is 9.33. The van der Waals surface area contributed by atoms with Gasteiger partial charge in [0.1, 0.15) is 0 Å². The largest absolute Gasteiger partial charge is 0.481 e. The van der Waals surface area contributed by atoms with Crippen LogP contribution in [0.4, 0.5) is 0 Å². The fourth-order valence-corrected chi connectivity index (χ4v) is 2.55. The minimum absolute atomic E-state index is 0.0218. The molecule has 1 atom stereocenters. The minimum atomic E-state index is -0.902. The van der Waals surface area contributed by atoms with Crippen LogP contribution < -0.4 is 0 Å². The molecule has 4 heteroatoms. The Morgan fingerprint density at radius 2 is 1.71 bits per heavy atom. The highest BCUT2D eigenvalue weighted by atomic mass is 16.5. The van der Waals surface area contributed by atoms with Gasteiger partial charge in [-0.1, -0.05) is 63.4 Å². The van der Waals surface area contributed by atoms with E-state index in [9.17, 15) is 14.7 Å². The number of carboxylic acid groups (broad SMARTS) is 1.